The van der Waals surface area contributed by atoms with Gasteiger partial charge in [0, 0.05) is 29.6 Å². The molecule has 1 aromatic heterocycles. The summed E-state index contributed by atoms with van der Waals surface area (Å²) in [5, 5.41) is 20.8. The van der Waals surface area contributed by atoms with E-state index in [-0.39, 0.29) is 23.6 Å². The van der Waals surface area contributed by atoms with Gasteiger partial charge < -0.3 is 10.2 Å². The van der Waals surface area contributed by atoms with Gasteiger partial charge >= 0.3 is 0 Å². The maximum Gasteiger partial charge on any atom is 0.203 e. The number of hydrogen-bond acceptors (Lipinski definition) is 5. The molecule has 130 valence electrons. The second-order valence-electron chi connectivity index (χ2n) is 7.07. The first kappa shape index (κ1) is 18.6. The number of carbonyl (C=O) groups excluding carboxylic acids is 1. The van der Waals surface area contributed by atoms with Crippen LogP contribution in [0.15, 0.2) is 29.6 Å². The van der Waals surface area contributed by atoms with Crippen LogP contribution in [0.3, 0.4) is 0 Å². The molecule has 0 unspecified atom stereocenters. The summed E-state index contributed by atoms with van der Waals surface area (Å²) < 4.78 is 0. The number of benzene rings is 1. The Hall–Kier alpha value is -1.69. The molecule has 5 heteroatoms. The van der Waals surface area contributed by atoms with Crippen LogP contribution in [0, 0.1) is 0 Å². The van der Waals surface area contributed by atoms with Gasteiger partial charge in [-0.15, -0.1) is 11.3 Å². The van der Waals surface area contributed by atoms with E-state index in [0.29, 0.717) is 29.1 Å². The van der Waals surface area contributed by atoms with Crippen LogP contribution in [0.2, 0.25) is 0 Å². The number of hydrogen-bond donors (Lipinski definition) is 2. The molecular weight excluding hydrogens is 322 g/mol. The lowest BCUT2D eigenvalue weighted by molar-refractivity contribution is 0.104. The molecule has 0 amide bonds. The van der Waals surface area contributed by atoms with E-state index < -0.39 is 0 Å². The summed E-state index contributed by atoms with van der Waals surface area (Å²) in [6, 6.07) is 7.54. The Morgan fingerprint density at radius 2 is 2.00 bits per heavy atom. The fourth-order valence-corrected chi connectivity index (χ4v) is 3.85. The van der Waals surface area contributed by atoms with Crippen LogP contribution >= 0.6 is 11.3 Å². The van der Waals surface area contributed by atoms with Crippen molar-refractivity contribution in [3.63, 3.8) is 0 Å². The molecular formula is C19H25NO3S. The van der Waals surface area contributed by atoms with Gasteiger partial charge in [0.1, 0.15) is 5.75 Å². The molecule has 2 rings (SSSR count). The predicted molar refractivity (Wildman–Crippen MR) is 98.0 cm³/mol. The molecule has 0 fully saturated rings. The standard InChI is InChI=1S/C19H25NO3S/c1-19(2,3)16-15(22)12-24-18(16)17(23)14-7-5-6-13(10-14)11-20(4)8-9-21/h5-7,10,12,21-22H,8-9,11H2,1-4H3. The maximum atomic E-state index is 12.9. The highest BCUT2D eigenvalue weighted by atomic mass is 32.1. The Balaban J connectivity index is 2.32. The summed E-state index contributed by atoms with van der Waals surface area (Å²) in [7, 11) is 1.93. The minimum atomic E-state index is -0.298. The van der Waals surface area contributed by atoms with Crippen molar-refractivity contribution in [1.82, 2.24) is 4.90 Å². The molecule has 0 saturated carbocycles. The molecule has 0 radical (unpaired) electrons. The molecule has 0 spiro atoms. The molecule has 2 N–H and O–H groups in total. The summed E-state index contributed by atoms with van der Waals surface area (Å²) in [4.78, 5) is 15.5. The van der Waals surface area contributed by atoms with E-state index in [1.165, 1.54) is 11.3 Å². The molecule has 0 aliphatic carbocycles. The first-order chi connectivity index (χ1) is 11.2. The van der Waals surface area contributed by atoms with Crippen molar-refractivity contribution in [2.24, 2.45) is 0 Å². The number of thiophene rings is 1. The van der Waals surface area contributed by atoms with E-state index in [9.17, 15) is 9.90 Å². The van der Waals surface area contributed by atoms with Gasteiger partial charge in [0.15, 0.2) is 0 Å². The molecule has 1 aromatic carbocycles. The normalized spacial score (nSPS) is 11.9. The van der Waals surface area contributed by atoms with Gasteiger partial charge in [0.25, 0.3) is 0 Å². The van der Waals surface area contributed by atoms with Crippen molar-refractivity contribution in [1.29, 1.82) is 0 Å². The molecule has 0 aliphatic rings. The number of aliphatic hydroxyl groups excluding tert-OH is 1. The quantitative estimate of drug-likeness (QED) is 0.786. The van der Waals surface area contributed by atoms with Gasteiger partial charge in [0.2, 0.25) is 5.78 Å². The second kappa shape index (κ2) is 7.47. The van der Waals surface area contributed by atoms with Gasteiger partial charge in [0.05, 0.1) is 11.5 Å². The van der Waals surface area contributed by atoms with Crippen LogP contribution in [0.25, 0.3) is 0 Å². The van der Waals surface area contributed by atoms with Crippen LogP contribution in [0.1, 0.15) is 47.1 Å². The van der Waals surface area contributed by atoms with Crippen LogP contribution in [-0.2, 0) is 12.0 Å². The summed E-state index contributed by atoms with van der Waals surface area (Å²) in [5.41, 5.74) is 2.06. The third-order valence-electron chi connectivity index (χ3n) is 3.85. The average molecular weight is 347 g/mol. The zero-order valence-electron chi connectivity index (χ0n) is 14.7. The first-order valence-corrected chi connectivity index (χ1v) is 8.86. The minimum Gasteiger partial charge on any atom is -0.507 e. The van der Waals surface area contributed by atoms with Gasteiger partial charge in [-0.3, -0.25) is 9.69 Å². The average Bonchev–Trinajstić information content (AvgIpc) is 2.89. The number of ketones is 1. The van der Waals surface area contributed by atoms with Crippen LogP contribution < -0.4 is 0 Å². The summed E-state index contributed by atoms with van der Waals surface area (Å²) in [5.74, 6) is 0.131. The smallest absolute Gasteiger partial charge is 0.203 e. The van der Waals surface area contributed by atoms with Gasteiger partial charge in [-0.25, -0.2) is 0 Å². The van der Waals surface area contributed by atoms with E-state index in [0.717, 1.165) is 5.56 Å². The molecule has 0 bridgehead atoms. The van der Waals surface area contributed by atoms with Gasteiger partial charge in [-0.2, -0.15) is 0 Å². The largest absolute Gasteiger partial charge is 0.507 e. The van der Waals surface area contributed by atoms with Crippen LogP contribution in [0.4, 0.5) is 0 Å². The molecule has 0 aliphatic heterocycles. The van der Waals surface area contributed by atoms with Gasteiger partial charge in [-0.05, 0) is 24.1 Å². The number of aromatic hydroxyl groups is 1. The highest BCUT2D eigenvalue weighted by molar-refractivity contribution is 7.12. The van der Waals surface area contributed by atoms with Crippen molar-refractivity contribution >= 4 is 17.1 Å². The Morgan fingerprint density at radius 1 is 1.29 bits per heavy atom. The summed E-state index contributed by atoms with van der Waals surface area (Å²) >= 11 is 1.29. The van der Waals surface area contributed by atoms with E-state index in [1.54, 1.807) is 11.4 Å². The Labute approximate surface area is 147 Å². The van der Waals surface area contributed by atoms with Crippen molar-refractivity contribution in [2.75, 3.05) is 20.2 Å². The van der Waals surface area contributed by atoms with E-state index >= 15 is 0 Å². The lowest BCUT2D eigenvalue weighted by atomic mass is 9.85. The number of nitrogens with zero attached hydrogens (tertiary/aromatic N) is 1. The molecule has 2 aromatic rings. The summed E-state index contributed by atoms with van der Waals surface area (Å²) in [6.45, 7) is 7.34. The minimum absolute atomic E-state index is 0.0584. The fraction of sp³-hybridized carbons (Fsp3) is 0.421. The molecule has 4 nitrogen and oxygen atoms in total. The monoisotopic (exact) mass is 347 g/mol. The highest BCUT2D eigenvalue weighted by Crippen LogP contribution is 2.39. The lowest BCUT2D eigenvalue weighted by Crippen LogP contribution is -2.21. The van der Waals surface area contributed by atoms with Crippen molar-refractivity contribution in [3.8, 4) is 5.75 Å². The Morgan fingerprint density at radius 3 is 2.62 bits per heavy atom. The van der Waals surface area contributed by atoms with E-state index in [4.69, 9.17) is 5.11 Å². The lowest BCUT2D eigenvalue weighted by Gasteiger charge is -2.20. The summed E-state index contributed by atoms with van der Waals surface area (Å²) in [6.07, 6.45) is 0. The maximum absolute atomic E-state index is 12.9. The van der Waals surface area contributed by atoms with Crippen LogP contribution in [-0.4, -0.2) is 41.1 Å². The second-order valence-corrected chi connectivity index (χ2v) is 7.95. The third-order valence-corrected chi connectivity index (χ3v) is 4.82. The fourth-order valence-electron chi connectivity index (χ4n) is 2.74. The van der Waals surface area contributed by atoms with Crippen molar-refractivity contribution < 1.29 is 15.0 Å². The third kappa shape index (κ3) is 4.23. The highest BCUT2D eigenvalue weighted by Gasteiger charge is 2.28. The zero-order valence-corrected chi connectivity index (χ0v) is 15.5. The van der Waals surface area contributed by atoms with E-state index in [2.05, 4.69) is 0 Å². The zero-order chi connectivity index (χ0) is 17.9. The number of carbonyl (C=O) groups is 1. The van der Waals surface area contributed by atoms with Crippen LogP contribution in [0.5, 0.6) is 5.75 Å². The predicted octanol–water partition coefficient (Wildman–Crippen LogP) is 3.41. The molecule has 24 heavy (non-hydrogen) atoms. The molecule has 1 heterocycles. The van der Waals surface area contributed by atoms with Crippen molar-refractivity contribution in [3.05, 3.63) is 51.2 Å². The SMILES string of the molecule is CN(CCO)Cc1cccc(C(=O)c2scc(O)c2C(C)(C)C)c1. The number of aliphatic hydroxyl groups is 1. The van der Waals surface area contributed by atoms with Crippen molar-refractivity contribution in [2.45, 2.75) is 32.7 Å². The molecule has 0 atom stereocenters. The Bertz CT molecular complexity index is 716. The molecule has 0 saturated heterocycles. The van der Waals surface area contributed by atoms with Gasteiger partial charge in [-0.1, -0.05) is 39.0 Å². The number of likely N-dealkylation sites (N-methyl/N-ethyl adjacent to an activating group) is 1. The number of rotatable bonds is 6. The Kier molecular flexibility index (Phi) is 5.80. The topological polar surface area (TPSA) is 60.8 Å². The van der Waals surface area contributed by atoms with E-state index in [1.807, 2.05) is 50.9 Å². The first-order valence-electron chi connectivity index (χ1n) is 7.98.